The van der Waals surface area contributed by atoms with Gasteiger partial charge in [0.25, 0.3) is 0 Å². The lowest BCUT2D eigenvalue weighted by molar-refractivity contribution is -0.118. The molecule has 0 radical (unpaired) electrons. The Balaban J connectivity index is 2.21. The molecule has 1 amide bonds. The molecule has 0 saturated heterocycles. The molecule has 98 valence electrons. The predicted molar refractivity (Wildman–Crippen MR) is 77.6 cm³/mol. The molecule has 4 N–H and O–H groups in total. The van der Waals surface area contributed by atoms with E-state index in [1.54, 1.807) is 0 Å². The molecule has 1 unspecified atom stereocenters. The highest BCUT2D eigenvalue weighted by molar-refractivity contribution is 6.30. The fourth-order valence-corrected chi connectivity index (χ4v) is 2.12. The summed E-state index contributed by atoms with van der Waals surface area (Å²) in [6.07, 6.45) is 0.149. The van der Waals surface area contributed by atoms with E-state index >= 15 is 0 Å². The lowest BCUT2D eigenvalue weighted by atomic mass is 9.99. The first-order valence-electron chi connectivity index (χ1n) is 5.96. The van der Waals surface area contributed by atoms with Crippen molar-refractivity contribution in [2.45, 2.75) is 12.5 Å². The predicted octanol–water partition coefficient (Wildman–Crippen LogP) is 2.88. The molecule has 3 nitrogen and oxygen atoms in total. The molecule has 0 aliphatic rings. The summed E-state index contributed by atoms with van der Waals surface area (Å²) in [7, 11) is 0. The summed E-state index contributed by atoms with van der Waals surface area (Å²) in [5.74, 6) is -0.397. The number of halogens is 1. The second-order valence-corrected chi connectivity index (χ2v) is 4.85. The molecule has 0 heterocycles. The molecular weight excluding hydrogens is 260 g/mol. The highest BCUT2D eigenvalue weighted by Gasteiger charge is 2.09. The Morgan fingerprint density at radius 1 is 1.11 bits per heavy atom. The van der Waals surface area contributed by atoms with Gasteiger partial charge < -0.3 is 11.5 Å². The molecular formula is C15H15ClN2O. The van der Waals surface area contributed by atoms with Crippen LogP contribution in [0.2, 0.25) is 5.02 Å². The van der Waals surface area contributed by atoms with E-state index in [1.165, 1.54) is 0 Å². The van der Waals surface area contributed by atoms with Gasteiger partial charge in [0.1, 0.15) is 0 Å². The molecule has 2 aromatic rings. The van der Waals surface area contributed by atoms with Crippen molar-refractivity contribution in [2.75, 3.05) is 0 Å². The topological polar surface area (TPSA) is 69.1 Å². The van der Waals surface area contributed by atoms with Crippen LogP contribution in [0.3, 0.4) is 0 Å². The first-order valence-corrected chi connectivity index (χ1v) is 6.34. The zero-order valence-corrected chi connectivity index (χ0v) is 11.1. The Kier molecular flexibility index (Phi) is 4.20. The van der Waals surface area contributed by atoms with Gasteiger partial charge >= 0.3 is 0 Å². The minimum atomic E-state index is -0.397. The van der Waals surface area contributed by atoms with Gasteiger partial charge in [0.2, 0.25) is 5.91 Å². The van der Waals surface area contributed by atoms with Gasteiger partial charge in [0.15, 0.2) is 0 Å². The summed E-state index contributed by atoms with van der Waals surface area (Å²) in [6.45, 7) is 0. The van der Waals surface area contributed by atoms with Crippen LogP contribution in [0.25, 0.3) is 11.1 Å². The fourth-order valence-electron chi connectivity index (χ4n) is 1.93. The Morgan fingerprint density at radius 3 is 2.37 bits per heavy atom. The molecule has 0 aliphatic heterocycles. The van der Waals surface area contributed by atoms with Crippen LogP contribution in [0.5, 0.6) is 0 Å². The van der Waals surface area contributed by atoms with Gasteiger partial charge in [-0.25, -0.2) is 0 Å². The fraction of sp³-hybridized carbons (Fsp3) is 0.133. The quantitative estimate of drug-likeness (QED) is 0.900. The number of carbonyl (C=O) groups excluding carboxylic acids is 1. The van der Waals surface area contributed by atoms with Crippen molar-refractivity contribution in [3.8, 4) is 11.1 Å². The Bertz CT molecular complexity index is 581. The van der Waals surface area contributed by atoms with E-state index in [0.29, 0.717) is 5.02 Å². The second-order valence-electron chi connectivity index (χ2n) is 4.41. The van der Waals surface area contributed by atoms with E-state index in [4.69, 9.17) is 23.1 Å². The lowest BCUT2D eigenvalue weighted by Gasteiger charge is -2.10. The van der Waals surface area contributed by atoms with Crippen molar-refractivity contribution in [1.82, 2.24) is 0 Å². The zero-order valence-electron chi connectivity index (χ0n) is 10.3. The van der Waals surface area contributed by atoms with Crippen LogP contribution in [-0.4, -0.2) is 5.91 Å². The van der Waals surface area contributed by atoms with Crippen LogP contribution in [0, 0.1) is 0 Å². The highest BCUT2D eigenvalue weighted by atomic mass is 35.5. The van der Waals surface area contributed by atoms with Gasteiger partial charge in [-0.1, -0.05) is 48.0 Å². The summed E-state index contributed by atoms with van der Waals surface area (Å²) in [5.41, 5.74) is 14.0. The first kappa shape index (κ1) is 13.6. The standard InChI is InChI=1S/C15H15ClN2O/c16-13-3-1-2-12(8-13)10-4-6-11(7-5-10)14(17)9-15(18)19/h1-8,14H,9,17H2,(H2,18,19). The molecule has 1 atom stereocenters. The van der Waals surface area contributed by atoms with E-state index in [9.17, 15) is 4.79 Å². The first-order chi connectivity index (χ1) is 9.06. The molecule has 0 aliphatic carbocycles. The number of nitrogens with two attached hydrogens (primary N) is 2. The SMILES string of the molecule is NC(=O)CC(N)c1ccc(-c2cccc(Cl)c2)cc1. The summed E-state index contributed by atoms with van der Waals surface area (Å²) >= 11 is 5.96. The van der Waals surface area contributed by atoms with Crippen molar-refractivity contribution in [2.24, 2.45) is 11.5 Å². The number of rotatable bonds is 4. The van der Waals surface area contributed by atoms with Gasteiger partial charge in [-0.15, -0.1) is 0 Å². The van der Waals surface area contributed by atoms with Crippen LogP contribution >= 0.6 is 11.6 Å². The molecule has 0 bridgehead atoms. The van der Waals surface area contributed by atoms with Gasteiger partial charge in [-0.3, -0.25) is 4.79 Å². The minimum Gasteiger partial charge on any atom is -0.370 e. The van der Waals surface area contributed by atoms with Crippen molar-refractivity contribution in [1.29, 1.82) is 0 Å². The maximum Gasteiger partial charge on any atom is 0.219 e. The van der Waals surface area contributed by atoms with Crippen molar-refractivity contribution in [3.05, 3.63) is 59.1 Å². The van der Waals surface area contributed by atoms with E-state index in [1.807, 2.05) is 48.5 Å². The van der Waals surface area contributed by atoms with Crippen LogP contribution in [0.4, 0.5) is 0 Å². The van der Waals surface area contributed by atoms with Gasteiger partial charge in [-0.2, -0.15) is 0 Å². The maximum absolute atomic E-state index is 10.8. The normalized spacial score (nSPS) is 12.1. The monoisotopic (exact) mass is 274 g/mol. The maximum atomic E-state index is 10.8. The third kappa shape index (κ3) is 3.56. The molecule has 0 saturated carbocycles. The van der Waals surface area contributed by atoms with Crippen molar-refractivity contribution in [3.63, 3.8) is 0 Å². The van der Waals surface area contributed by atoms with Crippen LogP contribution < -0.4 is 11.5 Å². The molecule has 0 aromatic heterocycles. The van der Waals surface area contributed by atoms with Crippen LogP contribution in [0.1, 0.15) is 18.0 Å². The zero-order chi connectivity index (χ0) is 13.8. The summed E-state index contributed by atoms with van der Waals surface area (Å²) in [4.78, 5) is 10.8. The number of carbonyl (C=O) groups is 1. The lowest BCUT2D eigenvalue weighted by Crippen LogP contribution is -2.20. The molecule has 0 fully saturated rings. The summed E-state index contributed by atoms with van der Waals surface area (Å²) in [5, 5.41) is 0.701. The average Bonchev–Trinajstić information content (AvgIpc) is 2.38. The molecule has 19 heavy (non-hydrogen) atoms. The highest BCUT2D eigenvalue weighted by Crippen LogP contribution is 2.24. The summed E-state index contributed by atoms with van der Waals surface area (Å²) in [6, 6.07) is 15.0. The van der Waals surface area contributed by atoms with Crippen LogP contribution in [-0.2, 0) is 4.79 Å². The molecule has 4 heteroatoms. The molecule has 2 rings (SSSR count). The van der Waals surface area contributed by atoms with Crippen molar-refractivity contribution < 1.29 is 4.79 Å². The Hall–Kier alpha value is -1.84. The van der Waals surface area contributed by atoms with Crippen molar-refractivity contribution >= 4 is 17.5 Å². The van der Waals surface area contributed by atoms with E-state index in [-0.39, 0.29) is 12.5 Å². The van der Waals surface area contributed by atoms with E-state index in [0.717, 1.165) is 16.7 Å². The van der Waals surface area contributed by atoms with Gasteiger partial charge in [0, 0.05) is 17.5 Å². The smallest absolute Gasteiger partial charge is 0.219 e. The van der Waals surface area contributed by atoms with E-state index < -0.39 is 5.91 Å². The Morgan fingerprint density at radius 2 is 1.79 bits per heavy atom. The minimum absolute atomic E-state index is 0.149. The number of benzene rings is 2. The molecule has 0 spiro atoms. The van der Waals surface area contributed by atoms with Gasteiger partial charge in [0.05, 0.1) is 0 Å². The number of amides is 1. The van der Waals surface area contributed by atoms with Crippen LogP contribution in [0.15, 0.2) is 48.5 Å². The van der Waals surface area contributed by atoms with E-state index in [2.05, 4.69) is 0 Å². The number of primary amides is 1. The average molecular weight is 275 g/mol. The largest absolute Gasteiger partial charge is 0.370 e. The Labute approximate surface area is 117 Å². The second kappa shape index (κ2) is 5.87. The third-order valence-electron chi connectivity index (χ3n) is 2.92. The molecule has 2 aromatic carbocycles. The number of hydrogen-bond acceptors (Lipinski definition) is 2. The summed E-state index contributed by atoms with van der Waals surface area (Å²) < 4.78 is 0. The third-order valence-corrected chi connectivity index (χ3v) is 3.15. The van der Waals surface area contributed by atoms with Gasteiger partial charge in [-0.05, 0) is 28.8 Å². The number of hydrogen-bond donors (Lipinski definition) is 2.